The number of aryl methyl sites for hydroxylation is 2. The quantitative estimate of drug-likeness (QED) is 0.487. The highest BCUT2D eigenvalue weighted by Gasteiger charge is 2.30. The van der Waals surface area contributed by atoms with E-state index in [-0.39, 0.29) is 18.1 Å². The van der Waals surface area contributed by atoms with E-state index in [1.165, 1.54) is 6.07 Å². The Morgan fingerprint density at radius 1 is 1.09 bits per heavy atom. The highest BCUT2D eigenvalue weighted by atomic mass is 16.5. The lowest BCUT2D eigenvalue weighted by Crippen LogP contribution is -2.33. The minimum atomic E-state index is -0.424. The van der Waals surface area contributed by atoms with Gasteiger partial charge in [-0.1, -0.05) is 6.07 Å². The van der Waals surface area contributed by atoms with E-state index < -0.39 is 5.63 Å². The number of methoxy groups -OCH3 is 2. The van der Waals surface area contributed by atoms with Crippen LogP contribution in [0.2, 0.25) is 0 Å². The van der Waals surface area contributed by atoms with Gasteiger partial charge in [-0.25, -0.2) is 4.79 Å². The molecule has 186 valence electrons. The SMILES string of the molecule is COc1ccc(CCNC(=O)COc2cc3c(c4oc(=O)cc(C)c24)CCC(C)(C)O3)cc1OC. The molecule has 1 aliphatic heterocycles. The molecule has 2 aromatic carbocycles. The van der Waals surface area contributed by atoms with Crippen LogP contribution in [0, 0.1) is 6.92 Å². The van der Waals surface area contributed by atoms with Crippen LogP contribution >= 0.6 is 0 Å². The molecule has 0 aliphatic carbocycles. The second kappa shape index (κ2) is 9.90. The second-order valence-corrected chi connectivity index (χ2v) is 9.24. The first-order valence-corrected chi connectivity index (χ1v) is 11.6. The molecule has 0 saturated heterocycles. The van der Waals surface area contributed by atoms with Gasteiger partial charge in [-0.2, -0.15) is 0 Å². The molecule has 0 saturated carbocycles. The summed E-state index contributed by atoms with van der Waals surface area (Å²) in [7, 11) is 3.18. The summed E-state index contributed by atoms with van der Waals surface area (Å²) >= 11 is 0. The lowest BCUT2D eigenvalue weighted by atomic mass is 9.92. The number of benzene rings is 2. The fourth-order valence-corrected chi connectivity index (χ4v) is 4.31. The van der Waals surface area contributed by atoms with Gasteiger partial charge < -0.3 is 28.7 Å². The Balaban J connectivity index is 1.46. The van der Waals surface area contributed by atoms with Crippen LogP contribution in [-0.2, 0) is 17.6 Å². The van der Waals surface area contributed by atoms with Gasteiger partial charge in [0.1, 0.15) is 22.7 Å². The van der Waals surface area contributed by atoms with Crippen molar-refractivity contribution in [3.8, 4) is 23.0 Å². The van der Waals surface area contributed by atoms with Crippen molar-refractivity contribution in [2.75, 3.05) is 27.4 Å². The molecule has 1 aromatic heterocycles. The van der Waals surface area contributed by atoms with Gasteiger partial charge in [0.25, 0.3) is 5.91 Å². The molecule has 1 amide bonds. The predicted molar refractivity (Wildman–Crippen MR) is 132 cm³/mol. The Bertz CT molecular complexity index is 1310. The third-order valence-electron chi connectivity index (χ3n) is 6.14. The first-order valence-electron chi connectivity index (χ1n) is 11.6. The maximum absolute atomic E-state index is 12.5. The zero-order valence-electron chi connectivity index (χ0n) is 20.8. The first kappa shape index (κ1) is 24.4. The summed E-state index contributed by atoms with van der Waals surface area (Å²) in [5.74, 6) is 2.11. The van der Waals surface area contributed by atoms with Crippen molar-refractivity contribution >= 4 is 16.9 Å². The number of carbonyl (C=O) groups is 1. The third-order valence-corrected chi connectivity index (χ3v) is 6.14. The molecule has 0 fully saturated rings. The fourth-order valence-electron chi connectivity index (χ4n) is 4.31. The van der Waals surface area contributed by atoms with Gasteiger partial charge in [-0.15, -0.1) is 0 Å². The average Bonchev–Trinajstić information content (AvgIpc) is 2.81. The molecule has 2 heterocycles. The van der Waals surface area contributed by atoms with E-state index >= 15 is 0 Å². The monoisotopic (exact) mass is 481 g/mol. The highest BCUT2D eigenvalue weighted by Crippen LogP contribution is 2.42. The summed E-state index contributed by atoms with van der Waals surface area (Å²) in [5, 5.41) is 3.56. The Morgan fingerprint density at radius 3 is 2.60 bits per heavy atom. The molecule has 0 radical (unpaired) electrons. The van der Waals surface area contributed by atoms with E-state index in [0.29, 0.717) is 46.9 Å². The molecular weight excluding hydrogens is 450 g/mol. The van der Waals surface area contributed by atoms with Gasteiger partial charge >= 0.3 is 5.63 Å². The molecule has 35 heavy (non-hydrogen) atoms. The van der Waals surface area contributed by atoms with Gasteiger partial charge in [-0.3, -0.25) is 4.79 Å². The highest BCUT2D eigenvalue weighted by molar-refractivity contribution is 5.91. The number of nitrogens with one attached hydrogen (secondary N) is 1. The van der Waals surface area contributed by atoms with Crippen molar-refractivity contribution in [1.82, 2.24) is 5.32 Å². The Morgan fingerprint density at radius 2 is 1.86 bits per heavy atom. The topological polar surface area (TPSA) is 96.2 Å². The second-order valence-electron chi connectivity index (χ2n) is 9.24. The Kier molecular flexibility index (Phi) is 6.91. The first-order chi connectivity index (χ1) is 16.7. The normalized spacial score (nSPS) is 14.1. The average molecular weight is 482 g/mol. The van der Waals surface area contributed by atoms with Gasteiger partial charge in [-0.05, 0) is 63.3 Å². The molecule has 0 unspecified atom stereocenters. The fraction of sp³-hybridized carbons (Fsp3) is 0.407. The van der Waals surface area contributed by atoms with E-state index in [4.69, 9.17) is 23.4 Å². The number of hydrogen-bond donors (Lipinski definition) is 1. The largest absolute Gasteiger partial charge is 0.493 e. The lowest BCUT2D eigenvalue weighted by molar-refractivity contribution is -0.123. The molecule has 0 spiro atoms. The molecule has 8 nitrogen and oxygen atoms in total. The Labute approximate surface area is 204 Å². The number of amides is 1. The van der Waals surface area contributed by atoms with E-state index in [1.54, 1.807) is 20.3 Å². The van der Waals surface area contributed by atoms with Gasteiger partial charge in [0.05, 0.1) is 19.6 Å². The minimum Gasteiger partial charge on any atom is -0.493 e. The third kappa shape index (κ3) is 5.37. The summed E-state index contributed by atoms with van der Waals surface area (Å²) < 4.78 is 28.2. The van der Waals surface area contributed by atoms with Crippen LogP contribution in [0.3, 0.4) is 0 Å². The number of carbonyl (C=O) groups excluding carboxylic acids is 1. The van der Waals surface area contributed by atoms with Crippen LogP contribution in [0.1, 0.15) is 37.0 Å². The van der Waals surface area contributed by atoms with Crippen LogP contribution in [-0.4, -0.2) is 38.9 Å². The molecule has 0 bridgehead atoms. The minimum absolute atomic E-state index is 0.179. The zero-order valence-corrected chi connectivity index (χ0v) is 20.8. The van der Waals surface area contributed by atoms with Crippen LogP contribution in [0.15, 0.2) is 39.5 Å². The summed E-state index contributed by atoms with van der Waals surface area (Å²) in [5.41, 5.74) is 2.29. The molecule has 1 N–H and O–H groups in total. The molecule has 3 aromatic rings. The van der Waals surface area contributed by atoms with Crippen LogP contribution in [0.4, 0.5) is 0 Å². The predicted octanol–water partition coefficient (Wildman–Crippen LogP) is 3.96. The number of ether oxygens (including phenoxy) is 4. The van der Waals surface area contributed by atoms with Gasteiger partial charge in [0, 0.05) is 24.2 Å². The number of rotatable bonds is 8. The smallest absolute Gasteiger partial charge is 0.336 e. The molecule has 4 rings (SSSR count). The number of fused-ring (bicyclic) bond motifs is 3. The standard InChI is InChI=1S/C27H31NO7/c1-16-12-24(30)34-26-18-8-10-27(2,3)35-20(18)14-22(25(16)26)33-15-23(29)28-11-9-17-6-7-19(31-4)21(13-17)32-5/h6-7,12-14H,8-11,15H2,1-5H3,(H,28,29). The van der Waals surface area contributed by atoms with Crippen LogP contribution in [0.5, 0.6) is 23.0 Å². The van der Waals surface area contributed by atoms with Crippen LogP contribution in [0.25, 0.3) is 11.0 Å². The molecule has 8 heteroatoms. The van der Waals surface area contributed by atoms with Crippen molar-refractivity contribution < 1.29 is 28.2 Å². The van der Waals surface area contributed by atoms with Gasteiger partial charge in [0.15, 0.2) is 18.1 Å². The van der Waals surface area contributed by atoms with E-state index in [2.05, 4.69) is 5.32 Å². The van der Waals surface area contributed by atoms with Crippen LogP contribution < -0.4 is 29.9 Å². The summed E-state index contributed by atoms with van der Waals surface area (Å²) in [4.78, 5) is 24.6. The van der Waals surface area contributed by atoms with Crippen molar-refractivity contribution in [2.45, 2.75) is 45.6 Å². The van der Waals surface area contributed by atoms with Crippen molar-refractivity contribution in [3.63, 3.8) is 0 Å². The zero-order chi connectivity index (χ0) is 25.2. The summed E-state index contributed by atoms with van der Waals surface area (Å²) in [6.45, 7) is 6.11. The van der Waals surface area contributed by atoms with Gasteiger partial charge in [0.2, 0.25) is 0 Å². The molecule has 1 aliphatic rings. The van der Waals surface area contributed by atoms with E-state index in [0.717, 1.165) is 29.5 Å². The van der Waals surface area contributed by atoms with Crippen molar-refractivity contribution in [2.24, 2.45) is 0 Å². The lowest BCUT2D eigenvalue weighted by Gasteiger charge is -2.33. The Hall–Kier alpha value is -3.68. The summed E-state index contributed by atoms with van der Waals surface area (Å²) in [6, 6.07) is 8.88. The number of hydrogen-bond acceptors (Lipinski definition) is 7. The van der Waals surface area contributed by atoms with E-state index in [1.807, 2.05) is 39.0 Å². The van der Waals surface area contributed by atoms with Crippen molar-refractivity contribution in [1.29, 1.82) is 0 Å². The van der Waals surface area contributed by atoms with E-state index in [9.17, 15) is 9.59 Å². The summed E-state index contributed by atoms with van der Waals surface area (Å²) in [6.07, 6.45) is 2.15. The molecule has 0 atom stereocenters. The maximum Gasteiger partial charge on any atom is 0.336 e. The van der Waals surface area contributed by atoms with Crippen molar-refractivity contribution in [3.05, 3.63) is 57.4 Å². The molecular formula is C27H31NO7. The maximum atomic E-state index is 12.5.